The van der Waals surface area contributed by atoms with Gasteiger partial charge in [0, 0.05) is 24.3 Å². The number of hydrogen-bond acceptors (Lipinski definition) is 2. The van der Waals surface area contributed by atoms with Gasteiger partial charge in [0.2, 0.25) is 0 Å². The highest BCUT2D eigenvalue weighted by Crippen LogP contribution is 2.34. The number of rotatable bonds is 5. The van der Waals surface area contributed by atoms with E-state index in [0.29, 0.717) is 12.0 Å². The van der Waals surface area contributed by atoms with E-state index in [9.17, 15) is 0 Å². The van der Waals surface area contributed by atoms with E-state index in [0.717, 1.165) is 44.0 Å². The molecule has 1 aliphatic rings. The zero-order valence-electron chi connectivity index (χ0n) is 12.8. The van der Waals surface area contributed by atoms with Crippen LogP contribution in [-0.4, -0.2) is 19.8 Å². The van der Waals surface area contributed by atoms with Gasteiger partial charge >= 0.3 is 0 Å². The van der Waals surface area contributed by atoms with E-state index in [-0.39, 0.29) is 0 Å². The van der Waals surface area contributed by atoms with Gasteiger partial charge in [0.05, 0.1) is 0 Å². The van der Waals surface area contributed by atoms with Crippen molar-refractivity contribution in [3.63, 3.8) is 0 Å². The summed E-state index contributed by atoms with van der Waals surface area (Å²) in [4.78, 5) is 0. The summed E-state index contributed by atoms with van der Waals surface area (Å²) in [6, 6.07) is 4.79. The molecule has 0 saturated carbocycles. The zero-order valence-corrected chi connectivity index (χ0v) is 13.6. The molecule has 0 aromatic heterocycles. The molecule has 0 radical (unpaired) electrons. The Balaban J connectivity index is 2.27. The second-order valence-electron chi connectivity index (χ2n) is 5.84. The third kappa shape index (κ3) is 3.75. The summed E-state index contributed by atoms with van der Waals surface area (Å²) in [6.45, 7) is 9.31. The second-order valence-corrected chi connectivity index (χ2v) is 6.25. The van der Waals surface area contributed by atoms with Gasteiger partial charge < -0.3 is 10.1 Å². The fourth-order valence-electron chi connectivity index (χ4n) is 3.02. The van der Waals surface area contributed by atoms with Crippen LogP contribution in [-0.2, 0) is 4.74 Å². The number of nitrogens with one attached hydrogen (secondary N) is 1. The number of hydrogen-bond donors (Lipinski definition) is 1. The summed E-state index contributed by atoms with van der Waals surface area (Å²) in [5.74, 6) is 0.662. The quantitative estimate of drug-likeness (QED) is 0.868. The minimum Gasteiger partial charge on any atom is -0.381 e. The van der Waals surface area contributed by atoms with Crippen molar-refractivity contribution in [1.82, 2.24) is 5.32 Å². The molecular formula is C17H26ClNO. The van der Waals surface area contributed by atoms with Crippen LogP contribution in [0.3, 0.4) is 0 Å². The van der Waals surface area contributed by atoms with Crippen molar-refractivity contribution in [3.05, 3.63) is 33.8 Å². The van der Waals surface area contributed by atoms with Crippen LogP contribution in [0.2, 0.25) is 5.02 Å². The van der Waals surface area contributed by atoms with Gasteiger partial charge in [-0.05, 0) is 68.3 Å². The molecule has 1 saturated heterocycles. The van der Waals surface area contributed by atoms with Crippen LogP contribution in [0.15, 0.2) is 12.1 Å². The molecule has 2 nitrogen and oxygen atoms in total. The average Bonchev–Trinajstić information content (AvgIpc) is 2.45. The standard InChI is InChI=1S/C17H26ClNO/c1-4-7-19-17(14-5-8-20-9-6-14)15-10-13(3)16(18)11-12(15)2/h10-11,14,17,19H,4-9H2,1-3H3. The Morgan fingerprint density at radius 1 is 1.25 bits per heavy atom. The van der Waals surface area contributed by atoms with Gasteiger partial charge in [-0.15, -0.1) is 0 Å². The zero-order chi connectivity index (χ0) is 14.5. The van der Waals surface area contributed by atoms with E-state index in [1.165, 1.54) is 16.7 Å². The van der Waals surface area contributed by atoms with Gasteiger partial charge in [-0.3, -0.25) is 0 Å². The van der Waals surface area contributed by atoms with Crippen molar-refractivity contribution in [3.8, 4) is 0 Å². The molecule has 1 aromatic carbocycles. The SMILES string of the molecule is CCCNC(c1cc(C)c(Cl)cc1C)C1CCOCC1. The second kappa shape index (κ2) is 7.44. The fraction of sp³-hybridized carbons (Fsp3) is 0.647. The molecule has 1 aliphatic heterocycles. The van der Waals surface area contributed by atoms with Crippen molar-refractivity contribution in [2.45, 2.75) is 46.1 Å². The lowest BCUT2D eigenvalue weighted by Gasteiger charge is -2.32. The summed E-state index contributed by atoms with van der Waals surface area (Å²) in [5.41, 5.74) is 3.87. The summed E-state index contributed by atoms with van der Waals surface area (Å²) in [7, 11) is 0. The van der Waals surface area contributed by atoms with E-state index in [4.69, 9.17) is 16.3 Å². The average molecular weight is 296 g/mol. The molecule has 0 amide bonds. The Morgan fingerprint density at radius 3 is 2.60 bits per heavy atom. The first-order valence-corrected chi connectivity index (χ1v) is 8.09. The van der Waals surface area contributed by atoms with E-state index in [2.05, 4.69) is 38.2 Å². The maximum atomic E-state index is 6.24. The minimum atomic E-state index is 0.426. The molecule has 0 bridgehead atoms. The minimum absolute atomic E-state index is 0.426. The lowest BCUT2D eigenvalue weighted by Crippen LogP contribution is -2.33. The van der Waals surface area contributed by atoms with Gasteiger partial charge in [-0.1, -0.05) is 24.6 Å². The predicted octanol–water partition coefficient (Wildman–Crippen LogP) is 4.42. The first kappa shape index (κ1) is 15.8. The van der Waals surface area contributed by atoms with Crippen molar-refractivity contribution >= 4 is 11.6 Å². The molecule has 20 heavy (non-hydrogen) atoms. The monoisotopic (exact) mass is 295 g/mol. The molecule has 0 aliphatic carbocycles. The smallest absolute Gasteiger partial charge is 0.0469 e. The van der Waals surface area contributed by atoms with Gasteiger partial charge in [0.1, 0.15) is 0 Å². The molecule has 3 heteroatoms. The number of aryl methyl sites for hydroxylation is 2. The lowest BCUT2D eigenvalue weighted by atomic mass is 9.84. The number of ether oxygens (including phenoxy) is 1. The molecule has 0 spiro atoms. The van der Waals surface area contributed by atoms with Crippen molar-refractivity contribution in [2.75, 3.05) is 19.8 Å². The van der Waals surface area contributed by atoms with Gasteiger partial charge in [-0.25, -0.2) is 0 Å². The predicted molar refractivity (Wildman–Crippen MR) is 85.5 cm³/mol. The highest BCUT2D eigenvalue weighted by atomic mass is 35.5. The Hall–Kier alpha value is -0.570. The Kier molecular flexibility index (Phi) is 5.88. The van der Waals surface area contributed by atoms with Gasteiger partial charge in [0.25, 0.3) is 0 Å². The molecule has 112 valence electrons. The maximum absolute atomic E-state index is 6.24. The first-order chi connectivity index (χ1) is 9.63. The van der Waals surface area contributed by atoms with Crippen LogP contribution < -0.4 is 5.32 Å². The third-order valence-corrected chi connectivity index (χ3v) is 4.64. The largest absolute Gasteiger partial charge is 0.381 e. The van der Waals surface area contributed by atoms with Crippen LogP contribution >= 0.6 is 11.6 Å². The number of benzene rings is 1. The first-order valence-electron chi connectivity index (χ1n) is 7.71. The van der Waals surface area contributed by atoms with Crippen LogP contribution in [0, 0.1) is 19.8 Å². The van der Waals surface area contributed by atoms with Crippen molar-refractivity contribution in [2.24, 2.45) is 5.92 Å². The molecular weight excluding hydrogens is 270 g/mol. The van der Waals surface area contributed by atoms with Crippen molar-refractivity contribution < 1.29 is 4.74 Å². The van der Waals surface area contributed by atoms with E-state index in [1.807, 2.05) is 0 Å². The highest BCUT2D eigenvalue weighted by molar-refractivity contribution is 6.31. The molecule has 2 rings (SSSR count). The highest BCUT2D eigenvalue weighted by Gasteiger charge is 2.26. The fourth-order valence-corrected chi connectivity index (χ4v) is 3.24. The molecule has 1 aromatic rings. The molecule has 1 fully saturated rings. The maximum Gasteiger partial charge on any atom is 0.0469 e. The third-order valence-electron chi connectivity index (χ3n) is 4.23. The van der Waals surface area contributed by atoms with E-state index in [1.54, 1.807) is 0 Å². The van der Waals surface area contributed by atoms with E-state index >= 15 is 0 Å². The van der Waals surface area contributed by atoms with Crippen molar-refractivity contribution in [1.29, 1.82) is 0 Å². The van der Waals surface area contributed by atoms with Gasteiger partial charge in [0.15, 0.2) is 0 Å². The molecule has 1 N–H and O–H groups in total. The summed E-state index contributed by atoms with van der Waals surface area (Å²) >= 11 is 6.24. The molecule has 1 atom stereocenters. The van der Waals surface area contributed by atoms with Crippen LogP contribution in [0.5, 0.6) is 0 Å². The topological polar surface area (TPSA) is 21.3 Å². The van der Waals surface area contributed by atoms with Crippen LogP contribution in [0.25, 0.3) is 0 Å². The Morgan fingerprint density at radius 2 is 1.95 bits per heavy atom. The summed E-state index contributed by atoms with van der Waals surface area (Å²) in [6.07, 6.45) is 3.44. The van der Waals surface area contributed by atoms with E-state index < -0.39 is 0 Å². The lowest BCUT2D eigenvalue weighted by molar-refractivity contribution is 0.0535. The van der Waals surface area contributed by atoms with Crippen LogP contribution in [0.4, 0.5) is 0 Å². The number of halogens is 1. The normalized spacial score (nSPS) is 18.2. The van der Waals surface area contributed by atoms with Crippen LogP contribution in [0.1, 0.15) is 48.9 Å². The molecule has 1 heterocycles. The summed E-state index contributed by atoms with van der Waals surface area (Å²) in [5, 5.41) is 4.61. The summed E-state index contributed by atoms with van der Waals surface area (Å²) < 4.78 is 5.51. The molecule has 1 unspecified atom stereocenters. The Bertz CT molecular complexity index is 441. The van der Waals surface area contributed by atoms with Gasteiger partial charge in [-0.2, -0.15) is 0 Å². The Labute approximate surface area is 127 Å².